The van der Waals surface area contributed by atoms with Crippen LogP contribution in [0.25, 0.3) is 16.3 Å². The van der Waals surface area contributed by atoms with Crippen LogP contribution in [0.5, 0.6) is 0 Å². The fourth-order valence-corrected chi connectivity index (χ4v) is 3.24. The minimum atomic E-state index is -0.304. The van der Waals surface area contributed by atoms with Gasteiger partial charge in [0.05, 0.1) is 16.8 Å². The van der Waals surface area contributed by atoms with Gasteiger partial charge in [-0.15, -0.1) is 0 Å². The normalized spacial score (nSPS) is 10.8. The smallest absolute Gasteiger partial charge is 0.244 e. The minimum absolute atomic E-state index is 0.0564. The topological polar surface area (TPSA) is 83.1 Å². The number of anilines is 1. The molecule has 0 aliphatic carbocycles. The van der Waals surface area contributed by atoms with Crippen molar-refractivity contribution in [3.63, 3.8) is 0 Å². The molecule has 3 rings (SSSR count). The van der Waals surface area contributed by atoms with Gasteiger partial charge in [0.2, 0.25) is 11.8 Å². The van der Waals surface area contributed by atoms with Crippen molar-refractivity contribution in [1.82, 2.24) is 15.6 Å². The molecule has 0 fully saturated rings. The van der Waals surface area contributed by atoms with Crippen molar-refractivity contribution < 1.29 is 9.59 Å². The summed E-state index contributed by atoms with van der Waals surface area (Å²) in [4.78, 5) is 28.0. The van der Waals surface area contributed by atoms with Crippen LogP contribution >= 0.6 is 11.3 Å². The SMILES string of the molecule is O=C(/C=C/c1ccccc1)NCC(=O)NCCNc1nc2ccccc2s1. The first-order valence-corrected chi connectivity index (χ1v) is 9.39. The molecule has 2 aromatic carbocycles. The number of carbonyl (C=O) groups is 2. The number of aromatic nitrogens is 1. The highest BCUT2D eigenvalue weighted by atomic mass is 32.1. The summed E-state index contributed by atoms with van der Waals surface area (Å²) in [5.41, 5.74) is 1.89. The van der Waals surface area contributed by atoms with Gasteiger partial charge in [-0.1, -0.05) is 53.8 Å². The van der Waals surface area contributed by atoms with Crippen molar-refractivity contribution in [2.24, 2.45) is 0 Å². The van der Waals surface area contributed by atoms with Gasteiger partial charge >= 0.3 is 0 Å². The van der Waals surface area contributed by atoms with Crippen molar-refractivity contribution in [2.75, 3.05) is 25.0 Å². The Kier molecular flexibility index (Phi) is 6.54. The summed E-state index contributed by atoms with van der Waals surface area (Å²) >= 11 is 1.57. The Bertz CT molecular complexity index is 904. The van der Waals surface area contributed by atoms with E-state index in [0.717, 1.165) is 20.9 Å². The Balaban J connectivity index is 1.32. The standard InChI is InChI=1S/C20H20N4O2S/c25-18(11-10-15-6-2-1-3-7-15)23-14-19(26)21-12-13-22-20-24-16-8-4-5-9-17(16)27-20/h1-11H,12-14H2,(H,21,26)(H,22,24)(H,23,25)/b11-10+. The van der Waals surface area contributed by atoms with Crippen LogP contribution in [-0.4, -0.2) is 36.4 Å². The summed E-state index contributed by atoms with van der Waals surface area (Å²) < 4.78 is 1.12. The molecule has 27 heavy (non-hydrogen) atoms. The summed E-state index contributed by atoms with van der Waals surface area (Å²) in [7, 11) is 0. The van der Waals surface area contributed by atoms with Crippen LogP contribution in [0.4, 0.5) is 5.13 Å². The van der Waals surface area contributed by atoms with Crippen LogP contribution in [0.1, 0.15) is 5.56 Å². The quantitative estimate of drug-likeness (QED) is 0.414. The molecule has 7 heteroatoms. The second-order valence-corrected chi connectivity index (χ2v) is 6.76. The van der Waals surface area contributed by atoms with E-state index in [4.69, 9.17) is 0 Å². The molecule has 0 aliphatic rings. The fourth-order valence-electron chi connectivity index (χ4n) is 2.34. The predicted molar refractivity (Wildman–Crippen MR) is 110 cm³/mol. The van der Waals surface area contributed by atoms with Crippen molar-refractivity contribution in [1.29, 1.82) is 0 Å². The molecular formula is C20H20N4O2S. The van der Waals surface area contributed by atoms with Crippen LogP contribution in [0, 0.1) is 0 Å². The molecule has 0 saturated carbocycles. The van der Waals surface area contributed by atoms with Crippen LogP contribution < -0.4 is 16.0 Å². The largest absolute Gasteiger partial charge is 0.360 e. The first-order chi connectivity index (χ1) is 13.2. The zero-order valence-electron chi connectivity index (χ0n) is 14.6. The maximum Gasteiger partial charge on any atom is 0.244 e. The molecule has 6 nitrogen and oxygen atoms in total. The molecule has 0 saturated heterocycles. The summed E-state index contributed by atoms with van der Waals surface area (Å²) in [6.45, 7) is 0.955. The van der Waals surface area contributed by atoms with E-state index < -0.39 is 0 Å². The second-order valence-electron chi connectivity index (χ2n) is 5.73. The fraction of sp³-hybridized carbons (Fsp3) is 0.150. The van der Waals surface area contributed by atoms with Gasteiger partial charge in [-0.05, 0) is 23.8 Å². The highest BCUT2D eigenvalue weighted by Crippen LogP contribution is 2.24. The number of para-hydroxylation sites is 1. The number of hydrogen-bond acceptors (Lipinski definition) is 5. The lowest BCUT2D eigenvalue weighted by molar-refractivity contribution is -0.123. The predicted octanol–water partition coefficient (Wildman–Crippen LogP) is 2.65. The lowest BCUT2D eigenvalue weighted by atomic mass is 10.2. The summed E-state index contributed by atoms with van der Waals surface area (Å²) in [5, 5.41) is 9.32. The number of fused-ring (bicyclic) bond motifs is 1. The molecule has 0 radical (unpaired) electrons. The number of hydrogen-bond donors (Lipinski definition) is 3. The average Bonchev–Trinajstić information content (AvgIpc) is 3.12. The highest BCUT2D eigenvalue weighted by Gasteiger charge is 2.04. The summed E-state index contributed by atoms with van der Waals surface area (Å²) in [6.07, 6.45) is 3.12. The molecule has 0 aliphatic heterocycles. The first-order valence-electron chi connectivity index (χ1n) is 8.58. The van der Waals surface area contributed by atoms with E-state index in [-0.39, 0.29) is 18.4 Å². The van der Waals surface area contributed by atoms with Gasteiger partial charge in [0.1, 0.15) is 0 Å². The molecule has 0 spiro atoms. The molecule has 2 amide bonds. The number of amides is 2. The third kappa shape index (κ3) is 5.93. The van der Waals surface area contributed by atoms with Crippen LogP contribution in [0.2, 0.25) is 0 Å². The van der Waals surface area contributed by atoms with Crippen molar-refractivity contribution in [2.45, 2.75) is 0 Å². The molecule has 0 atom stereocenters. The summed E-state index contributed by atoms with van der Waals surface area (Å²) in [5.74, 6) is -0.538. The second kappa shape index (κ2) is 9.49. The van der Waals surface area contributed by atoms with Gasteiger partial charge in [-0.25, -0.2) is 4.98 Å². The lowest BCUT2D eigenvalue weighted by Crippen LogP contribution is -2.38. The van der Waals surface area contributed by atoms with Crippen molar-refractivity contribution >= 4 is 44.6 Å². The molecule has 0 bridgehead atoms. The van der Waals surface area contributed by atoms with Crippen molar-refractivity contribution in [3.8, 4) is 0 Å². The third-order valence-corrected chi connectivity index (χ3v) is 4.66. The maximum absolute atomic E-state index is 11.8. The first kappa shape index (κ1) is 18.6. The van der Waals surface area contributed by atoms with Crippen molar-refractivity contribution in [3.05, 3.63) is 66.2 Å². The Morgan fingerprint density at radius 2 is 1.74 bits per heavy atom. The van der Waals surface area contributed by atoms with E-state index in [2.05, 4.69) is 20.9 Å². The van der Waals surface area contributed by atoms with Gasteiger partial charge in [0.25, 0.3) is 0 Å². The van der Waals surface area contributed by atoms with Gasteiger partial charge in [-0.2, -0.15) is 0 Å². The van der Waals surface area contributed by atoms with Crippen LogP contribution in [0.3, 0.4) is 0 Å². The van der Waals surface area contributed by atoms with Gasteiger partial charge in [0, 0.05) is 19.2 Å². The number of nitrogens with zero attached hydrogens (tertiary/aromatic N) is 1. The number of carbonyl (C=O) groups excluding carboxylic acids is 2. The van der Waals surface area contributed by atoms with E-state index >= 15 is 0 Å². The van der Waals surface area contributed by atoms with E-state index in [1.165, 1.54) is 6.08 Å². The zero-order valence-corrected chi connectivity index (χ0v) is 15.5. The molecular weight excluding hydrogens is 360 g/mol. The molecule has 138 valence electrons. The molecule has 3 N–H and O–H groups in total. The average molecular weight is 380 g/mol. The third-order valence-electron chi connectivity index (χ3n) is 3.67. The molecule has 1 heterocycles. The Morgan fingerprint density at radius 1 is 0.963 bits per heavy atom. The van der Waals surface area contributed by atoms with Gasteiger partial charge in [0.15, 0.2) is 5.13 Å². The Hall–Kier alpha value is -3.19. The minimum Gasteiger partial charge on any atom is -0.360 e. The number of rotatable bonds is 8. The van der Waals surface area contributed by atoms with Gasteiger partial charge < -0.3 is 16.0 Å². The van der Waals surface area contributed by atoms with Crippen LogP contribution in [-0.2, 0) is 9.59 Å². The van der Waals surface area contributed by atoms with E-state index in [1.54, 1.807) is 17.4 Å². The van der Waals surface area contributed by atoms with E-state index in [9.17, 15) is 9.59 Å². The lowest BCUT2D eigenvalue weighted by Gasteiger charge is -2.06. The maximum atomic E-state index is 11.8. The Morgan fingerprint density at radius 3 is 2.56 bits per heavy atom. The highest BCUT2D eigenvalue weighted by molar-refractivity contribution is 7.22. The number of nitrogens with one attached hydrogen (secondary N) is 3. The molecule has 1 aromatic heterocycles. The van der Waals surface area contributed by atoms with E-state index in [1.807, 2.05) is 54.6 Å². The number of thiazole rings is 1. The summed E-state index contributed by atoms with van der Waals surface area (Å²) in [6, 6.07) is 17.4. The van der Waals surface area contributed by atoms with E-state index in [0.29, 0.717) is 13.1 Å². The molecule has 3 aromatic rings. The zero-order chi connectivity index (χ0) is 18.9. The monoisotopic (exact) mass is 380 g/mol. The van der Waals surface area contributed by atoms with Crippen LogP contribution in [0.15, 0.2) is 60.7 Å². The molecule has 0 unspecified atom stereocenters. The number of benzene rings is 2. The van der Waals surface area contributed by atoms with Gasteiger partial charge in [-0.3, -0.25) is 9.59 Å². The Labute approximate surface area is 161 Å².